The minimum atomic E-state index is -0.504. The van der Waals surface area contributed by atoms with Gasteiger partial charge in [0.15, 0.2) is 5.58 Å². The highest BCUT2D eigenvalue weighted by atomic mass is 16.4. The van der Waals surface area contributed by atoms with E-state index >= 15 is 0 Å². The van der Waals surface area contributed by atoms with E-state index in [1.54, 1.807) is 25.2 Å². The molecule has 0 fully saturated rings. The van der Waals surface area contributed by atoms with Crippen molar-refractivity contribution < 1.29 is 9.21 Å². The molecule has 2 rings (SSSR count). The van der Waals surface area contributed by atoms with Gasteiger partial charge in [0.1, 0.15) is 6.42 Å². The van der Waals surface area contributed by atoms with Crippen molar-refractivity contribution in [3.05, 3.63) is 34.3 Å². The number of nitrogens with one attached hydrogen (secondary N) is 1. The number of nitriles is 1. The number of amides is 1. The lowest BCUT2D eigenvalue weighted by atomic mass is 10.2. The second kappa shape index (κ2) is 4.75. The number of aromatic amines is 1. The Kier molecular flexibility index (Phi) is 3.15. The third-order valence-corrected chi connectivity index (χ3v) is 2.56. The molecule has 0 spiro atoms. The van der Waals surface area contributed by atoms with Crippen molar-refractivity contribution in [1.82, 2.24) is 9.88 Å². The molecule has 6 heteroatoms. The topological polar surface area (TPSA) is 90.1 Å². The number of carbonyl (C=O) groups excluding carboxylic acids is 1. The lowest BCUT2D eigenvalue weighted by molar-refractivity contribution is -0.129. The molecule has 1 aromatic heterocycles. The normalized spacial score (nSPS) is 10.2. The Morgan fingerprint density at radius 2 is 2.33 bits per heavy atom. The van der Waals surface area contributed by atoms with Gasteiger partial charge in [0.05, 0.1) is 11.6 Å². The van der Waals surface area contributed by atoms with Gasteiger partial charge >= 0.3 is 5.76 Å². The van der Waals surface area contributed by atoms with E-state index in [1.807, 2.05) is 6.07 Å². The Morgan fingerprint density at radius 1 is 1.56 bits per heavy atom. The van der Waals surface area contributed by atoms with Crippen LogP contribution in [0.3, 0.4) is 0 Å². The summed E-state index contributed by atoms with van der Waals surface area (Å²) in [5.74, 6) is -0.741. The van der Waals surface area contributed by atoms with Crippen LogP contribution in [0, 0.1) is 11.3 Å². The summed E-state index contributed by atoms with van der Waals surface area (Å²) in [5.41, 5.74) is 1.93. The fourth-order valence-corrected chi connectivity index (χ4v) is 1.66. The van der Waals surface area contributed by atoms with Crippen LogP contribution in [0.4, 0.5) is 0 Å². The summed E-state index contributed by atoms with van der Waals surface area (Å²) >= 11 is 0. The molecule has 0 aliphatic rings. The minimum absolute atomic E-state index is 0.138. The first-order valence-electron chi connectivity index (χ1n) is 5.33. The van der Waals surface area contributed by atoms with E-state index in [0.29, 0.717) is 17.6 Å². The number of H-pyrrole nitrogens is 1. The molecule has 0 saturated carbocycles. The maximum atomic E-state index is 11.4. The molecule has 0 saturated heterocycles. The number of fused-ring (bicyclic) bond motifs is 1. The van der Waals surface area contributed by atoms with Gasteiger partial charge in [-0.15, -0.1) is 0 Å². The van der Waals surface area contributed by atoms with Crippen molar-refractivity contribution in [2.75, 3.05) is 7.05 Å². The maximum Gasteiger partial charge on any atom is 0.417 e. The monoisotopic (exact) mass is 245 g/mol. The molecule has 92 valence electrons. The van der Waals surface area contributed by atoms with Crippen LogP contribution < -0.4 is 5.76 Å². The summed E-state index contributed by atoms with van der Waals surface area (Å²) in [4.78, 5) is 26.4. The van der Waals surface area contributed by atoms with Crippen LogP contribution in [-0.4, -0.2) is 22.8 Å². The van der Waals surface area contributed by atoms with Crippen LogP contribution in [-0.2, 0) is 11.3 Å². The molecule has 0 atom stereocenters. The summed E-state index contributed by atoms with van der Waals surface area (Å²) in [7, 11) is 1.63. The fourth-order valence-electron chi connectivity index (χ4n) is 1.66. The molecule has 2 aromatic rings. The molecule has 0 radical (unpaired) electrons. The van der Waals surface area contributed by atoms with Crippen LogP contribution in [0.15, 0.2) is 27.4 Å². The smallest absolute Gasteiger partial charge is 0.408 e. The number of carbonyl (C=O) groups is 1. The molecule has 1 aromatic carbocycles. The van der Waals surface area contributed by atoms with E-state index in [1.165, 1.54) is 4.90 Å². The lowest BCUT2D eigenvalue weighted by Crippen LogP contribution is -2.25. The molecule has 0 unspecified atom stereocenters. The van der Waals surface area contributed by atoms with E-state index < -0.39 is 5.76 Å². The van der Waals surface area contributed by atoms with Gasteiger partial charge in [0.2, 0.25) is 5.91 Å². The second-order valence-corrected chi connectivity index (χ2v) is 3.93. The summed E-state index contributed by atoms with van der Waals surface area (Å²) in [6.45, 7) is 0.379. The van der Waals surface area contributed by atoms with Crippen molar-refractivity contribution in [2.24, 2.45) is 0 Å². The molecule has 18 heavy (non-hydrogen) atoms. The average Bonchev–Trinajstić information content (AvgIpc) is 2.68. The van der Waals surface area contributed by atoms with E-state index in [4.69, 9.17) is 9.68 Å². The van der Waals surface area contributed by atoms with Crippen LogP contribution in [0.2, 0.25) is 0 Å². The Morgan fingerprint density at radius 3 is 3.06 bits per heavy atom. The number of nitrogens with zero attached hydrogens (tertiary/aromatic N) is 2. The van der Waals surface area contributed by atoms with Gasteiger partial charge in [-0.3, -0.25) is 9.78 Å². The van der Waals surface area contributed by atoms with Crippen molar-refractivity contribution in [3.63, 3.8) is 0 Å². The third kappa shape index (κ3) is 2.40. The molecule has 0 bridgehead atoms. The summed E-state index contributed by atoms with van der Waals surface area (Å²) in [6.07, 6.45) is -0.138. The molecule has 6 nitrogen and oxygen atoms in total. The number of hydrogen-bond acceptors (Lipinski definition) is 4. The first-order valence-corrected chi connectivity index (χ1v) is 5.33. The van der Waals surface area contributed by atoms with Crippen molar-refractivity contribution in [3.8, 4) is 6.07 Å². The zero-order valence-corrected chi connectivity index (χ0v) is 9.77. The number of aromatic nitrogens is 1. The molecule has 1 N–H and O–H groups in total. The van der Waals surface area contributed by atoms with Crippen molar-refractivity contribution in [2.45, 2.75) is 13.0 Å². The number of rotatable bonds is 3. The Bertz CT molecular complexity index is 678. The first-order chi connectivity index (χ1) is 8.60. The van der Waals surface area contributed by atoms with Crippen molar-refractivity contribution in [1.29, 1.82) is 5.26 Å². The summed E-state index contributed by atoms with van der Waals surface area (Å²) < 4.78 is 4.88. The van der Waals surface area contributed by atoms with Crippen LogP contribution in [0.1, 0.15) is 12.0 Å². The zero-order chi connectivity index (χ0) is 13.1. The standard InChI is InChI=1S/C12H11N3O3/c1-15(11(16)4-5-13)7-8-2-3-10-9(6-8)14-12(17)18-10/h2-3,6H,4,7H2,1H3,(H,14,17). The predicted octanol–water partition coefficient (Wildman–Crippen LogP) is 0.993. The largest absolute Gasteiger partial charge is 0.417 e. The van der Waals surface area contributed by atoms with Gasteiger partial charge in [0, 0.05) is 13.6 Å². The zero-order valence-electron chi connectivity index (χ0n) is 9.77. The van der Waals surface area contributed by atoms with Gasteiger partial charge in [-0.25, -0.2) is 4.79 Å². The highest BCUT2D eigenvalue weighted by Gasteiger charge is 2.09. The lowest BCUT2D eigenvalue weighted by Gasteiger charge is -2.15. The molecule has 0 aliphatic carbocycles. The molecular formula is C12H11N3O3. The van der Waals surface area contributed by atoms with Crippen molar-refractivity contribution >= 4 is 17.0 Å². The highest BCUT2D eigenvalue weighted by molar-refractivity contribution is 5.78. The Labute approximate surface area is 102 Å². The van der Waals surface area contributed by atoms with Gasteiger partial charge in [-0.2, -0.15) is 5.26 Å². The van der Waals surface area contributed by atoms with E-state index in [2.05, 4.69) is 4.98 Å². The summed E-state index contributed by atoms with van der Waals surface area (Å²) in [6, 6.07) is 7.00. The van der Waals surface area contributed by atoms with Gasteiger partial charge in [-0.1, -0.05) is 6.07 Å². The number of oxazole rings is 1. The highest BCUT2D eigenvalue weighted by Crippen LogP contribution is 2.13. The van der Waals surface area contributed by atoms with E-state index in [9.17, 15) is 9.59 Å². The predicted molar refractivity (Wildman–Crippen MR) is 63.5 cm³/mol. The minimum Gasteiger partial charge on any atom is -0.408 e. The molecule has 1 amide bonds. The van der Waals surface area contributed by atoms with Gasteiger partial charge in [-0.05, 0) is 17.7 Å². The molecular weight excluding hydrogens is 234 g/mol. The molecule has 0 aliphatic heterocycles. The Hall–Kier alpha value is -2.55. The number of benzene rings is 1. The molecule has 1 heterocycles. The third-order valence-electron chi connectivity index (χ3n) is 2.56. The summed E-state index contributed by atoms with van der Waals surface area (Å²) in [5, 5.41) is 8.45. The average molecular weight is 245 g/mol. The number of hydrogen-bond donors (Lipinski definition) is 1. The quantitative estimate of drug-likeness (QED) is 0.873. The van der Waals surface area contributed by atoms with Crippen LogP contribution >= 0.6 is 0 Å². The SMILES string of the molecule is CN(Cc1ccc2oc(=O)[nH]c2c1)C(=O)CC#N. The van der Waals surface area contributed by atoms with E-state index in [0.717, 1.165) is 5.56 Å². The van der Waals surface area contributed by atoms with E-state index in [-0.39, 0.29) is 12.3 Å². The Balaban J connectivity index is 2.19. The van der Waals surface area contributed by atoms with Crippen LogP contribution in [0.25, 0.3) is 11.1 Å². The van der Waals surface area contributed by atoms with Gasteiger partial charge < -0.3 is 9.32 Å². The van der Waals surface area contributed by atoms with Gasteiger partial charge in [0.25, 0.3) is 0 Å². The van der Waals surface area contributed by atoms with Crippen LogP contribution in [0.5, 0.6) is 0 Å². The second-order valence-electron chi connectivity index (χ2n) is 3.93. The first kappa shape index (κ1) is 11.9. The fraction of sp³-hybridized carbons (Fsp3) is 0.250. The maximum absolute atomic E-state index is 11.4.